The number of aliphatic hydroxyl groups is 1. The molecule has 3 aromatic carbocycles. The van der Waals surface area contributed by atoms with E-state index in [1.54, 1.807) is 17.4 Å². The number of hydrogen-bond donors (Lipinski definition) is 3. The number of likely N-dealkylation sites (tertiary alicyclic amines) is 2. The molecule has 0 aliphatic carbocycles. The van der Waals surface area contributed by atoms with Gasteiger partial charge in [-0.3, -0.25) is 9.59 Å². The van der Waals surface area contributed by atoms with Gasteiger partial charge in [0.25, 0.3) is 0 Å². The summed E-state index contributed by atoms with van der Waals surface area (Å²) in [5.41, 5.74) is 2.20. The van der Waals surface area contributed by atoms with Gasteiger partial charge in [-0.1, -0.05) is 72.8 Å². The first-order chi connectivity index (χ1) is 22.4. The van der Waals surface area contributed by atoms with Crippen LogP contribution in [-0.2, 0) is 33.8 Å². The molecule has 6 rings (SSSR count). The lowest BCUT2D eigenvalue weighted by Gasteiger charge is -2.50. The number of aromatic amines is 1. The highest BCUT2D eigenvalue weighted by Gasteiger charge is 2.47. The van der Waals surface area contributed by atoms with Gasteiger partial charge >= 0.3 is 6.09 Å². The molecular weight excluding hydrogens is 582 g/mol. The summed E-state index contributed by atoms with van der Waals surface area (Å²) in [6, 6.07) is 22.7. The van der Waals surface area contributed by atoms with Crippen LogP contribution in [0.1, 0.15) is 42.5 Å². The molecular formula is C36H41N5O5. The van der Waals surface area contributed by atoms with E-state index in [2.05, 4.69) is 15.3 Å². The van der Waals surface area contributed by atoms with Crippen molar-refractivity contribution in [3.63, 3.8) is 0 Å². The Labute approximate surface area is 268 Å². The molecule has 10 heteroatoms. The number of carbonyl (C=O) groups is 3. The zero-order valence-corrected chi connectivity index (χ0v) is 25.9. The molecule has 2 fully saturated rings. The van der Waals surface area contributed by atoms with Crippen molar-refractivity contribution in [2.45, 2.75) is 57.3 Å². The van der Waals surface area contributed by atoms with Gasteiger partial charge in [0.2, 0.25) is 11.8 Å². The van der Waals surface area contributed by atoms with Crippen LogP contribution in [0, 0.1) is 5.41 Å². The normalized spacial score (nSPS) is 18.3. The van der Waals surface area contributed by atoms with Crippen molar-refractivity contribution in [3.8, 4) is 0 Å². The van der Waals surface area contributed by atoms with E-state index >= 15 is 0 Å². The number of nitrogens with one attached hydrogen (secondary N) is 2. The molecule has 4 aromatic rings. The number of alkyl carbamates (subject to hydrolysis) is 1. The minimum Gasteiger partial charge on any atom is -0.445 e. The Hall–Kier alpha value is -4.70. The summed E-state index contributed by atoms with van der Waals surface area (Å²) in [4.78, 5) is 50.8. The van der Waals surface area contributed by atoms with Gasteiger partial charge in [0, 0.05) is 56.3 Å². The van der Waals surface area contributed by atoms with E-state index in [0.717, 1.165) is 27.6 Å². The number of aryl methyl sites for hydroxylation is 1. The highest BCUT2D eigenvalue weighted by molar-refractivity contribution is 5.87. The first-order valence-corrected chi connectivity index (χ1v) is 16.1. The molecule has 3 amide bonds. The summed E-state index contributed by atoms with van der Waals surface area (Å²) in [7, 11) is 0. The van der Waals surface area contributed by atoms with Crippen molar-refractivity contribution in [1.82, 2.24) is 25.1 Å². The molecule has 1 aromatic heterocycles. The fraction of sp³-hybridized carbons (Fsp3) is 0.389. The van der Waals surface area contributed by atoms with Gasteiger partial charge in [0.1, 0.15) is 12.6 Å². The van der Waals surface area contributed by atoms with Crippen LogP contribution in [0.25, 0.3) is 10.8 Å². The second-order valence-electron chi connectivity index (χ2n) is 12.5. The van der Waals surface area contributed by atoms with Gasteiger partial charge in [-0.2, -0.15) is 0 Å². The number of rotatable bonds is 9. The van der Waals surface area contributed by atoms with E-state index in [4.69, 9.17) is 4.74 Å². The predicted molar refractivity (Wildman–Crippen MR) is 174 cm³/mol. The van der Waals surface area contributed by atoms with Crippen molar-refractivity contribution >= 4 is 28.7 Å². The second kappa shape index (κ2) is 14.2. The fourth-order valence-corrected chi connectivity index (χ4v) is 6.78. The van der Waals surface area contributed by atoms with Crippen LogP contribution in [0.15, 0.2) is 85.3 Å². The smallest absolute Gasteiger partial charge is 0.408 e. The number of benzene rings is 3. The largest absolute Gasteiger partial charge is 0.445 e. The Morgan fingerprint density at radius 3 is 2.48 bits per heavy atom. The van der Waals surface area contributed by atoms with E-state index in [9.17, 15) is 19.5 Å². The maximum atomic E-state index is 14.2. The van der Waals surface area contributed by atoms with E-state index in [0.29, 0.717) is 64.7 Å². The molecule has 2 saturated heterocycles. The number of hydrogen-bond acceptors (Lipinski definition) is 6. The SMILES string of the molecule is O=C(N[C@@H](Cc1ccc2ccccc2c1)C(=O)N1CCC(O)C2(CCN(C(=O)CCc3cnc[nH]3)CC2)C1)OCc1ccccc1. The lowest BCUT2D eigenvalue weighted by Crippen LogP contribution is -2.60. The van der Waals surface area contributed by atoms with Crippen LogP contribution in [-0.4, -0.2) is 81.1 Å². The third-order valence-electron chi connectivity index (χ3n) is 9.53. The fourth-order valence-electron chi connectivity index (χ4n) is 6.78. The highest BCUT2D eigenvalue weighted by atomic mass is 16.5. The third-order valence-corrected chi connectivity index (χ3v) is 9.53. The Balaban J connectivity index is 1.13. The molecule has 0 radical (unpaired) electrons. The quantitative estimate of drug-likeness (QED) is 0.256. The number of aliphatic hydroxyl groups excluding tert-OH is 1. The molecule has 1 unspecified atom stereocenters. The molecule has 46 heavy (non-hydrogen) atoms. The van der Waals surface area contributed by atoms with Crippen LogP contribution in [0.2, 0.25) is 0 Å². The van der Waals surface area contributed by atoms with E-state index in [1.165, 1.54) is 0 Å². The summed E-state index contributed by atoms with van der Waals surface area (Å²) in [6.07, 6.45) is 5.07. The van der Waals surface area contributed by atoms with Crippen molar-refractivity contribution in [2.24, 2.45) is 5.41 Å². The Bertz CT molecular complexity index is 1640. The van der Waals surface area contributed by atoms with Gasteiger partial charge in [-0.05, 0) is 47.6 Å². The maximum Gasteiger partial charge on any atom is 0.408 e. The number of nitrogens with zero attached hydrogens (tertiary/aromatic N) is 3. The average Bonchev–Trinajstić information content (AvgIpc) is 3.62. The topological polar surface area (TPSA) is 128 Å². The van der Waals surface area contributed by atoms with Crippen LogP contribution >= 0.6 is 0 Å². The van der Waals surface area contributed by atoms with Crippen LogP contribution in [0.5, 0.6) is 0 Å². The zero-order chi connectivity index (χ0) is 31.9. The molecule has 3 heterocycles. The summed E-state index contributed by atoms with van der Waals surface area (Å²) in [5, 5.41) is 16.2. The third kappa shape index (κ3) is 7.39. The first kappa shape index (κ1) is 31.3. The Morgan fingerprint density at radius 1 is 0.957 bits per heavy atom. The molecule has 1 spiro atoms. The van der Waals surface area contributed by atoms with E-state index in [-0.39, 0.29) is 18.4 Å². The van der Waals surface area contributed by atoms with Crippen molar-refractivity contribution in [1.29, 1.82) is 0 Å². The van der Waals surface area contributed by atoms with Crippen LogP contribution in [0.3, 0.4) is 0 Å². The molecule has 240 valence electrons. The molecule has 2 aliphatic heterocycles. The van der Waals surface area contributed by atoms with Crippen molar-refractivity contribution in [3.05, 3.63) is 102 Å². The molecule has 0 bridgehead atoms. The molecule has 0 saturated carbocycles. The Kier molecular flexibility index (Phi) is 9.63. The van der Waals surface area contributed by atoms with E-state index < -0.39 is 23.7 Å². The predicted octanol–water partition coefficient (Wildman–Crippen LogP) is 4.24. The van der Waals surface area contributed by atoms with Crippen molar-refractivity contribution in [2.75, 3.05) is 26.2 Å². The van der Waals surface area contributed by atoms with Gasteiger partial charge in [0.05, 0.1) is 12.4 Å². The lowest BCUT2D eigenvalue weighted by atomic mass is 9.70. The molecule has 2 aliphatic rings. The minimum absolute atomic E-state index is 0.0799. The Morgan fingerprint density at radius 2 is 1.72 bits per heavy atom. The first-order valence-electron chi connectivity index (χ1n) is 16.1. The standard InChI is InChI=1S/C36H41N5O5/c42-32-14-17-41(24-36(32)15-18-40(19-16-36)33(43)13-12-30-22-37-25-38-30)34(44)31(39-35(45)46-23-26-6-2-1-3-7-26)21-27-10-11-28-8-4-5-9-29(28)20-27/h1-11,20,22,25,31-32,42H,12-19,21,23-24H2,(H,37,38)(H,39,45)/t31-,32?/m0/s1. The number of piperidine rings is 2. The molecule has 2 atom stereocenters. The maximum absolute atomic E-state index is 14.2. The second-order valence-corrected chi connectivity index (χ2v) is 12.5. The number of amides is 3. The number of imidazole rings is 1. The summed E-state index contributed by atoms with van der Waals surface area (Å²) in [6.45, 7) is 1.93. The highest BCUT2D eigenvalue weighted by Crippen LogP contribution is 2.40. The van der Waals surface area contributed by atoms with Gasteiger partial charge in [-0.15, -0.1) is 0 Å². The summed E-state index contributed by atoms with van der Waals surface area (Å²) in [5.74, 6) is -0.120. The van der Waals surface area contributed by atoms with Crippen LogP contribution in [0.4, 0.5) is 4.79 Å². The summed E-state index contributed by atoms with van der Waals surface area (Å²) >= 11 is 0. The van der Waals surface area contributed by atoms with Gasteiger partial charge < -0.3 is 29.9 Å². The lowest BCUT2D eigenvalue weighted by molar-refractivity contribution is -0.148. The number of H-pyrrole nitrogens is 1. The number of carbonyl (C=O) groups excluding carboxylic acids is 3. The van der Waals surface area contributed by atoms with Crippen LogP contribution < -0.4 is 5.32 Å². The molecule has 10 nitrogen and oxygen atoms in total. The van der Waals surface area contributed by atoms with E-state index in [1.807, 2.05) is 77.7 Å². The van der Waals surface area contributed by atoms with Gasteiger partial charge in [-0.25, -0.2) is 9.78 Å². The monoisotopic (exact) mass is 623 g/mol. The average molecular weight is 624 g/mol. The molecule has 3 N–H and O–H groups in total. The number of ether oxygens (including phenoxy) is 1. The van der Waals surface area contributed by atoms with Gasteiger partial charge in [0.15, 0.2) is 0 Å². The minimum atomic E-state index is -0.846. The number of fused-ring (bicyclic) bond motifs is 1. The zero-order valence-electron chi connectivity index (χ0n) is 25.9. The summed E-state index contributed by atoms with van der Waals surface area (Å²) < 4.78 is 5.50. The number of aromatic nitrogens is 2. The van der Waals surface area contributed by atoms with Crippen molar-refractivity contribution < 1.29 is 24.2 Å².